The number of alkyl halides is 1. The van der Waals surface area contributed by atoms with Gasteiger partial charge in [-0.25, -0.2) is 0 Å². The zero-order valence-electron chi connectivity index (χ0n) is 12.1. The SMILES string of the molecule is Cc1c(C)c(C)c2c(c1C)CCC(C)(CCBr)O2. The molecule has 1 nitrogen and oxygen atoms in total. The maximum Gasteiger partial charge on any atom is 0.126 e. The van der Waals surface area contributed by atoms with Gasteiger partial charge in [0.25, 0.3) is 0 Å². The Morgan fingerprint density at radius 3 is 2.28 bits per heavy atom. The fraction of sp³-hybridized carbons (Fsp3) is 0.625. The van der Waals surface area contributed by atoms with Crippen LogP contribution in [0, 0.1) is 27.7 Å². The molecule has 1 aromatic carbocycles. The van der Waals surface area contributed by atoms with Crippen LogP contribution in [0.15, 0.2) is 0 Å². The Labute approximate surface area is 119 Å². The van der Waals surface area contributed by atoms with E-state index in [9.17, 15) is 0 Å². The molecule has 1 aliphatic heterocycles. The summed E-state index contributed by atoms with van der Waals surface area (Å²) in [5, 5.41) is 1.00. The molecule has 0 saturated carbocycles. The molecule has 1 aromatic rings. The quantitative estimate of drug-likeness (QED) is 0.714. The summed E-state index contributed by atoms with van der Waals surface area (Å²) >= 11 is 3.54. The normalized spacial score (nSPS) is 22.6. The van der Waals surface area contributed by atoms with Crippen LogP contribution in [0.1, 0.15) is 47.6 Å². The van der Waals surface area contributed by atoms with Crippen molar-refractivity contribution in [2.75, 3.05) is 5.33 Å². The predicted octanol–water partition coefficient (Wildman–Crippen LogP) is 4.79. The zero-order chi connectivity index (χ0) is 13.5. The Hall–Kier alpha value is -0.500. The van der Waals surface area contributed by atoms with E-state index in [0.29, 0.717) is 0 Å². The summed E-state index contributed by atoms with van der Waals surface area (Å²) in [7, 11) is 0. The van der Waals surface area contributed by atoms with Crippen molar-refractivity contribution in [3.8, 4) is 5.75 Å². The summed E-state index contributed by atoms with van der Waals surface area (Å²) in [6.07, 6.45) is 3.33. The Morgan fingerprint density at radius 2 is 1.67 bits per heavy atom. The van der Waals surface area contributed by atoms with Crippen molar-refractivity contribution in [3.63, 3.8) is 0 Å². The Bertz CT molecular complexity index is 479. The summed E-state index contributed by atoms with van der Waals surface area (Å²) in [5.74, 6) is 1.16. The molecule has 2 rings (SSSR count). The van der Waals surface area contributed by atoms with E-state index >= 15 is 0 Å². The van der Waals surface area contributed by atoms with Gasteiger partial charge in [0, 0.05) is 5.33 Å². The maximum absolute atomic E-state index is 6.38. The third-order valence-electron chi connectivity index (χ3n) is 4.63. The summed E-state index contributed by atoms with van der Waals surface area (Å²) in [6.45, 7) is 11.1. The number of ether oxygens (including phenoxy) is 1. The monoisotopic (exact) mass is 310 g/mol. The molecule has 2 heteroatoms. The standard InChI is InChI=1S/C16H23BrO/c1-10-11(2)13(4)15-14(12(10)3)6-7-16(5,18-15)8-9-17/h6-9H2,1-5H3. The van der Waals surface area contributed by atoms with Crippen LogP contribution in [-0.2, 0) is 6.42 Å². The van der Waals surface area contributed by atoms with Crippen LogP contribution in [0.3, 0.4) is 0 Å². The maximum atomic E-state index is 6.38. The van der Waals surface area contributed by atoms with Gasteiger partial charge in [0.05, 0.1) is 0 Å². The molecule has 0 amide bonds. The van der Waals surface area contributed by atoms with Crippen molar-refractivity contribution < 1.29 is 4.74 Å². The molecule has 100 valence electrons. The van der Waals surface area contributed by atoms with E-state index in [2.05, 4.69) is 50.5 Å². The fourth-order valence-electron chi connectivity index (χ4n) is 2.86. The first-order valence-corrected chi connectivity index (χ1v) is 7.86. The van der Waals surface area contributed by atoms with Gasteiger partial charge in [-0.3, -0.25) is 0 Å². The molecule has 1 atom stereocenters. The highest BCUT2D eigenvalue weighted by atomic mass is 79.9. The Morgan fingerprint density at radius 1 is 1.06 bits per heavy atom. The molecule has 1 unspecified atom stereocenters. The number of hydrogen-bond donors (Lipinski definition) is 0. The molecule has 1 aliphatic rings. The van der Waals surface area contributed by atoms with Gasteiger partial charge in [-0.2, -0.15) is 0 Å². The van der Waals surface area contributed by atoms with E-state index in [4.69, 9.17) is 4.74 Å². The minimum Gasteiger partial charge on any atom is -0.487 e. The fourth-order valence-corrected chi connectivity index (χ4v) is 3.70. The second kappa shape index (κ2) is 4.88. The highest BCUT2D eigenvalue weighted by molar-refractivity contribution is 9.09. The lowest BCUT2D eigenvalue weighted by molar-refractivity contribution is 0.0615. The summed E-state index contributed by atoms with van der Waals surface area (Å²) in [4.78, 5) is 0. The second-order valence-electron chi connectivity index (χ2n) is 5.80. The second-order valence-corrected chi connectivity index (χ2v) is 6.59. The van der Waals surface area contributed by atoms with Crippen LogP contribution < -0.4 is 4.74 Å². The molecule has 0 saturated heterocycles. The minimum absolute atomic E-state index is 0.00457. The minimum atomic E-state index is -0.00457. The van der Waals surface area contributed by atoms with Gasteiger partial charge in [0.1, 0.15) is 11.4 Å². The van der Waals surface area contributed by atoms with Crippen molar-refractivity contribution in [2.24, 2.45) is 0 Å². The molecule has 0 fully saturated rings. The van der Waals surface area contributed by atoms with Crippen LogP contribution in [-0.4, -0.2) is 10.9 Å². The number of benzene rings is 1. The molecule has 0 bridgehead atoms. The van der Waals surface area contributed by atoms with Gasteiger partial charge >= 0.3 is 0 Å². The molecule has 0 radical (unpaired) electrons. The molecular formula is C16H23BrO. The lowest BCUT2D eigenvalue weighted by atomic mass is 9.84. The Balaban J connectivity index is 2.50. The van der Waals surface area contributed by atoms with Crippen LogP contribution in [0.4, 0.5) is 0 Å². The van der Waals surface area contributed by atoms with E-state index in [1.165, 1.54) is 27.8 Å². The third-order valence-corrected chi connectivity index (χ3v) is 5.03. The van der Waals surface area contributed by atoms with E-state index in [-0.39, 0.29) is 5.60 Å². The number of halogens is 1. The van der Waals surface area contributed by atoms with Crippen LogP contribution in [0.25, 0.3) is 0 Å². The lowest BCUT2D eigenvalue weighted by Gasteiger charge is -2.38. The number of fused-ring (bicyclic) bond motifs is 1. The molecule has 0 aliphatic carbocycles. The van der Waals surface area contributed by atoms with Gasteiger partial charge in [-0.15, -0.1) is 0 Å². The molecular weight excluding hydrogens is 288 g/mol. The van der Waals surface area contributed by atoms with Crippen LogP contribution >= 0.6 is 15.9 Å². The van der Waals surface area contributed by atoms with Gasteiger partial charge in [-0.1, -0.05) is 15.9 Å². The van der Waals surface area contributed by atoms with Crippen LogP contribution in [0.5, 0.6) is 5.75 Å². The van der Waals surface area contributed by atoms with E-state index < -0.39 is 0 Å². The van der Waals surface area contributed by atoms with Crippen molar-refractivity contribution in [1.29, 1.82) is 0 Å². The first kappa shape index (κ1) is 13.9. The van der Waals surface area contributed by atoms with Crippen molar-refractivity contribution >= 4 is 15.9 Å². The third kappa shape index (κ3) is 2.20. The first-order valence-electron chi connectivity index (χ1n) is 6.74. The summed E-state index contributed by atoms with van der Waals surface area (Å²) in [6, 6.07) is 0. The molecule has 1 heterocycles. The summed E-state index contributed by atoms with van der Waals surface area (Å²) < 4.78 is 6.38. The van der Waals surface area contributed by atoms with Gasteiger partial charge in [0.2, 0.25) is 0 Å². The number of hydrogen-bond acceptors (Lipinski definition) is 1. The zero-order valence-corrected chi connectivity index (χ0v) is 13.7. The molecule has 0 N–H and O–H groups in total. The van der Waals surface area contributed by atoms with E-state index in [0.717, 1.165) is 30.3 Å². The average Bonchev–Trinajstić information content (AvgIpc) is 2.34. The largest absolute Gasteiger partial charge is 0.487 e. The summed E-state index contributed by atoms with van der Waals surface area (Å²) in [5.41, 5.74) is 6.99. The molecule has 18 heavy (non-hydrogen) atoms. The van der Waals surface area contributed by atoms with E-state index in [1.54, 1.807) is 0 Å². The molecule has 0 spiro atoms. The topological polar surface area (TPSA) is 9.23 Å². The van der Waals surface area contributed by atoms with Crippen molar-refractivity contribution in [3.05, 3.63) is 27.8 Å². The lowest BCUT2D eigenvalue weighted by Crippen LogP contribution is -2.37. The predicted molar refractivity (Wildman–Crippen MR) is 81.2 cm³/mol. The highest BCUT2D eigenvalue weighted by Gasteiger charge is 2.33. The first-order chi connectivity index (χ1) is 8.39. The van der Waals surface area contributed by atoms with Gasteiger partial charge in [0.15, 0.2) is 0 Å². The van der Waals surface area contributed by atoms with Gasteiger partial charge < -0.3 is 4.74 Å². The van der Waals surface area contributed by atoms with E-state index in [1.807, 2.05) is 0 Å². The average molecular weight is 311 g/mol. The van der Waals surface area contributed by atoms with Crippen LogP contribution in [0.2, 0.25) is 0 Å². The molecule has 0 aromatic heterocycles. The Kier molecular flexibility index (Phi) is 3.77. The highest BCUT2D eigenvalue weighted by Crippen LogP contribution is 2.41. The number of rotatable bonds is 2. The smallest absolute Gasteiger partial charge is 0.126 e. The van der Waals surface area contributed by atoms with Gasteiger partial charge in [-0.05, 0) is 81.7 Å². The van der Waals surface area contributed by atoms with Crippen molar-refractivity contribution in [2.45, 2.75) is 59.5 Å². The van der Waals surface area contributed by atoms with Crippen molar-refractivity contribution in [1.82, 2.24) is 0 Å².